The SMILES string of the molecule is COC(=O)N[C@H]1[C@@H](C)O[C@@H](O[C@H]2C/C=C(\C)[C@@H]3C=C[C@@H]4[C@@H](O)[C@@H](C)C[C@H](C)[C@H]4[C@]3(C)C(=O)C3=C(O[Si](C)(C)C(C)(C)C)[C@@]4(CC(C=O)=C[C@H](O)[C@H]4/C=C/2C)OC3=O)C[C@]1(C)[N+](=O)[O-]. The van der Waals surface area contributed by atoms with Crippen LogP contribution in [0.3, 0.4) is 0 Å². The minimum Gasteiger partial charge on any atom is -0.543 e. The number of nitro groups is 1. The molecule has 15 nitrogen and oxygen atoms in total. The number of esters is 1. The summed E-state index contributed by atoms with van der Waals surface area (Å²) >= 11 is 0. The third kappa shape index (κ3) is 8.20. The fourth-order valence-corrected chi connectivity index (χ4v) is 12.4. The van der Waals surface area contributed by atoms with E-state index in [2.05, 4.69) is 12.2 Å². The number of aliphatic hydroxyl groups excluding tert-OH is 2. The molecule has 2 heterocycles. The molecular formula is C47H68N2O13Si. The number of alkyl carbamates (subject to hydrolysis) is 1. The van der Waals surface area contributed by atoms with Crippen LogP contribution in [-0.2, 0) is 37.8 Å². The molecule has 6 rings (SSSR count). The Kier molecular flexibility index (Phi) is 13.2. The smallest absolute Gasteiger partial charge is 0.407 e. The summed E-state index contributed by atoms with van der Waals surface area (Å²) in [5.41, 5.74) is -3.61. The number of aliphatic hydroxyl groups is 2. The van der Waals surface area contributed by atoms with Crippen molar-refractivity contribution in [1.29, 1.82) is 0 Å². The minimum absolute atomic E-state index is 0.00165. The van der Waals surface area contributed by atoms with E-state index in [0.717, 1.165) is 5.57 Å². The Bertz CT molecular complexity index is 2050. The number of rotatable bonds is 7. The third-order valence-corrected chi connectivity index (χ3v) is 20.2. The summed E-state index contributed by atoms with van der Waals surface area (Å²) in [5, 5.41) is 38.7. The van der Waals surface area contributed by atoms with Gasteiger partial charge in [-0.05, 0) is 86.7 Å². The van der Waals surface area contributed by atoms with Crippen molar-refractivity contribution in [2.75, 3.05) is 7.11 Å². The molecule has 6 aliphatic rings. The second-order valence-corrected chi connectivity index (χ2v) is 25.8. The number of carbonyl (C=O) groups is 4. The first-order valence-electron chi connectivity index (χ1n) is 22.3. The predicted molar refractivity (Wildman–Crippen MR) is 235 cm³/mol. The van der Waals surface area contributed by atoms with E-state index in [-0.39, 0.29) is 48.0 Å². The van der Waals surface area contributed by atoms with Gasteiger partial charge in [0.15, 0.2) is 17.7 Å². The molecule has 2 aliphatic heterocycles. The average Bonchev–Trinajstić information content (AvgIpc) is 3.45. The van der Waals surface area contributed by atoms with Gasteiger partial charge in [0.25, 0.3) is 0 Å². The zero-order valence-electron chi connectivity index (χ0n) is 39.1. The van der Waals surface area contributed by atoms with Crippen LogP contribution in [0, 0.1) is 51.0 Å². The Labute approximate surface area is 372 Å². The molecule has 0 aromatic rings. The van der Waals surface area contributed by atoms with Crippen molar-refractivity contribution in [3.8, 4) is 0 Å². The number of ether oxygens (including phenoxy) is 4. The van der Waals surface area contributed by atoms with Gasteiger partial charge in [0, 0.05) is 35.5 Å². The molecule has 3 N–H and O–H groups in total. The van der Waals surface area contributed by atoms with E-state index < -0.39 is 113 Å². The first-order chi connectivity index (χ1) is 29.2. The second-order valence-electron chi connectivity index (χ2n) is 21.1. The maximum Gasteiger partial charge on any atom is 0.407 e. The topological polar surface area (TPSA) is 210 Å². The maximum atomic E-state index is 16.0. The summed E-state index contributed by atoms with van der Waals surface area (Å²) in [7, 11) is -1.77. The van der Waals surface area contributed by atoms with Crippen LogP contribution < -0.4 is 5.32 Å². The lowest BCUT2D eigenvalue weighted by molar-refractivity contribution is -0.584. The Morgan fingerprint density at radius 1 is 1.06 bits per heavy atom. The van der Waals surface area contributed by atoms with Crippen LogP contribution in [0.25, 0.3) is 0 Å². The van der Waals surface area contributed by atoms with Gasteiger partial charge in [-0.25, -0.2) is 9.59 Å². The van der Waals surface area contributed by atoms with Gasteiger partial charge in [-0.15, -0.1) is 0 Å². The summed E-state index contributed by atoms with van der Waals surface area (Å²) in [6, 6.07) is -1.06. The first kappa shape index (κ1) is 48.5. The number of Topliss-reactive ketones (excluding diaryl/α,β-unsaturated/α-hetero) is 1. The minimum atomic E-state index is -2.94. The van der Waals surface area contributed by atoms with Gasteiger partial charge in [0.1, 0.15) is 23.7 Å². The molecule has 4 aliphatic carbocycles. The van der Waals surface area contributed by atoms with Crippen molar-refractivity contribution in [2.24, 2.45) is 40.9 Å². The van der Waals surface area contributed by atoms with Crippen molar-refractivity contribution < 1.29 is 57.7 Å². The molecule has 15 atom stereocenters. The summed E-state index contributed by atoms with van der Waals surface area (Å²) in [6.45, 7) is 22.8. The molecule has 348 valence electrons. The number of nitrogens with one attached hydrogen (secondary N) is 1. The zero-order valence-corrected chi connectivity index (χ0v) is 40.1. The number of allylic oxidation sites excluding steroid dienone is 2. The van der Waals surface area contributed by atoms with Gasteiger partial charge >= 0.3 is 12.1 Å². The monoisotopic (exact) mass is 896 g/mol. The molecule has 0 aromatic heterocycles. The van der Waals surface area contributed by atoms with Crippen LogP contribution in [0.4, 0.5) is 4.79 Å². The van der Waals surface area contributed by atoms with E-state index >= 15 is 4.79 Å². The molecule has 1 saturated carbocycles. The van der Waals surface area contributed by atoms with E-state index in [1.54, 1.807) is 19.9 Å². The van der Waals surface area contributed by atoms with E-state index in [0.29, 0.717) is 18.3 Å². The number of methoxy groups -OCH3 is 1. The lowest BCUT2D eigenvalue weighted by Gasteiger charge is -2.55. The zero-order chi connectivity index (χ0) is 46.9. The summed E-state index contributed by atoms with van der Waals surface area (Å²) in [6.07, 6.45) is 4.28. The number of ketones is 1. The quantitative estimate of drug-likeness (QED) is 0.0464. The fraction of sp³-hybridized carbons (Fsp3) is 0.702. The average molecular weight is 897 g/mol. The lowest BCUT2D eigenvalue weighted by atomic mass is 9.48. The highest BCUT2D eigenvalue weighted by Gasteiger charge is 2.65. The Morgan fingerprint density at radius 3 is 2.33 bits per heavy atom. The van der Waals surface area contributed by atoms with E-state index in [4.69, 9.17) is 23.4 Å². The number of aldehydes is 1. The van der Waals surface area contributed by atoms with Gasteiger partial charge in [-0.2, -0.15) is 0 Å². The summed E-state index contributed by atoms with van der Waals surface area (Å²) in [5.74, 6) is -3.95. The molecule has 1 spiro atoms. The van der Waals surface area contributed by atoms with Gasteiger partial charge in [-0.3, -0.25) is 19.7 Å². The number of nitrogens with zero attached hydrogens (tertiary/aromatic N) is 1. The van der Waals surface area contributed by atoms with Crippen LogP contribution >= 0.6 is 0 Å². The first-order valence-corrected chi connectivity index (χ1v) is 25.2. The molecule has 0 radical (unpaired) electrons. The number of carbonyl (C=O) groups excluding carboxylic acids is 4. The van der Waals surface area contributed by atoms with Crippen molar-refractivity contribution in [3.05, 3.63) is 68.5 Å². The Morgan fingerprint density at radius 2 is 1.73 bits per heavy atom. The number of amides is 1. The molecular weight excluding hydrogens is 829 g/mol. The number of hydrogen-bond acceptors (Lipinski definition) is 13. The van der Waals surface area contributed by atoms with Crippen molar-refractivity contribution in [2.45, 2.75) is 161 Å². The largest absolute Gasteiger partial charge is 0.543 e. The molecule has 1 saturated heterocycles. The highest BCUT2D eigenvalue weighted by Crippen LogP contribution is 2.60. The van der Waals surface area contributed by atoms with Crippen LogP contribution in [0.2, 0.25) is 18.1 Å². The van der Waals surface area contributed by atoms with Crippen LogP contribution in [0.1, 0.15) is 94.9 Å². The second kappa shape index (κ2) is 17.1. The van der Waals surface area contributed by atoms with Crippen molar-refractivity contribution in [1.82, 2.24) is 5.32 Å². The maximum absolute atomic E-state index is 16.0. The molecule has 2 fully saturated rings. The van der Waals surface area contributed by atoms with Crippen molar-refractivity contribution in [3.63, 3.8) is 0 Å². The highest BCUT2D eigenvalue weighted by atomic mass is 28.4. The summed E-state index contributed by atoms with van der Waals surface area (Å²) < 4.78 is 31.5. The fourth-order valence-electron chi connectivity index (χ4n) is 11.3. The van der Waals surface area contributed by atoms with Crippen LogP contribution in [0.5, 0.6) is 0 Å². The Hall–Kier alpha value is -3.96. The third-order valence-electron chi connectivity index (χ3n) is 15.9. The molecule has 63 heavy (non-hydrogen) atoms. The normalized spacial score (nSPS) is 42.5. The number of hydrogen-bond donors (Lipinski definition) is 3. The van der Waals surface area contributed by atoms with Gasteiger partial charge in [0.05, 0.1) is 43.9 Å². The van der Waals surface area contributed by atoms with Crippen LogP contribution in [-0.4, -0.2) is 103 Å². The highest BCUT2D eigenvalue weighted by molar-refractivity contribution is 6.74. The standard InChI is InChI=1S/C47H68N2O13Si/c1-24-14-17-34(60-35-22-45(9,49(56)57)39(28(5)59-35)48-43(55)58-11)25(2)19-32-33(51)20-29(23-50)21-47(32)41(62-63(12,13)44(6,7)8)36(42(54)61-47)40(53)46(10)31(24)16-15-30-37(46)26(3)18-27(4)38(30)52/h14-16,19-20,23,26-28,30-35,37-39,51-52H,17-18,21-22H2,1-13H3,(H,48,55)/b24-14+,25-19+/t26-,27-,28+,30-,31-,32+,33-,34-,35-,37+,38-,39-,45-,46+,47-/m0/s1. The van der Waals surface area contributed by atoms with Crippen molar-refractivity contribution >= 4 is 32.4 Å². The predicted octanol–water partition coefficient (Wildman–Crippen LogP) is 6.67. The molecule has 0 aromatic carbocycles. The molecule has 0 unspecified atom stereocenters. The lowest BCUT2D eigenvalue weighted by Crippen LogP contribution is -2.65. The van der Waals surface area contributed by atoms with E-state index in [9.17, 15) is 34.7 Å². The molecule has 2 bridgehead atoms. The van der Waals surface area contributed by atoms with E-state index in [1.807, 2.05) is 72.9 Å². The van der Waals surface area contributed by atoms with Gasteiger partial charge < -0.3 is 38.9 Å². The van der Waals surface area contributed by atoms with E-state index in [1.165, 1.54) is 20.1 Å². The van der Waals surface area contributed by atoms with Crippen LogP contribution in [0.15, 0.2) is 58.4 Å². The van der Waals surface area contributed by atoms with Gasteiger partial charge in [0.2, 0.25) is 13.9 Å². The molecule has 16 heteroatoms. The number of fused-ring (bicyclic) bond motifs is 3. The molecule has 1 amide bonds. The van der Waals surface area contributed by atoms with Gasteiger partial charge in [-0.1, -0.05) is 71.4 Å². The summed E-state index contributed by atoms with van der Waals surface area (Å²) in [4.78, 5) is 68.2. The Balaban J connectivity index is 1.60.